The Balaban J connectivity index is 2.24. The van der Waals surface area contributed by atoms with Gasteiger partial charge in [-0.2, -0.15) is 0 Å². The molecule has 78 valence electrons. The molecule has 7 heteroatoms. The van der Waals surface area contributed by atoms with Crippen LogP contribution in [-0.4, -0.2) is 10.2 Å². The summed E-state index contributed by atoms with van der Waals surface area (Å²) in [5, 5.41) is 9.86. The van der Waals surface area contributed by atoms with E-state index in [9.17, 15) is 4.39 Å². The summed E-state index contributed by atoms with van der Waals surface area (Å²) in [4.78, 5) is 0. The number of nitrogens with zero attached hydrogens (tertiary/aromatic N) is 2. The molecule has 0 unspecified atom stereocenters. The molecule has 2 aromatic rings. The van der Waals surface area contributed by atoms with Crippen molar-refractivity contribution in [3.05, 3.63) is 28.5 Å². The van der Waals surface area contributed by atoms with Crippen LogP contribution in [-0.2, 0) is 0 Å². The van der Waals surface area contributed by atoms with Gasteiger partial charge >= 0.3 is 12.0 Å². The molecule has 0 aliphatic rings. The fourth-order valence-electron chi connectivity index (χ4n) is 0.991. The van der Waals surface area contributed by atoms with Gasteiger partial charge in [-0.25, -0.2) is 4.39 Å². The average molecular weight is 273 g/mol. The monoisotopic (exact) mass is 272 g/mol. The van der Waals surface area contributed by atoms with Crippen molar-refractivity contribution >= 4 is 33.6 Å². The van der Waals surface area contributed by atoms with Crippen molar-refractivity contribution < 1.29 is 8.81 Å². The zero-order valence-electron chi connectivity index (χ0n) is 7.37. The van der Waals surface area contributed by atoms with Crippen LogP contribution in [0.25, 0.3) is 0 Å². The third-order valence-electron chi connectivity index (χ3n) is 1.61. The molecular formula is C8H6BrFN4O. The van der Waals surface area contributed by atoms with Crippen molar-refractivity contribution in [1.29, 1.82) is 0 Å². The van der Waals surface area contributed by atoms with Crippen LogP contribution in [0, 0.1) is 5.82 Å². The normalized spacial score (nSPS) is 10.3. The first-order valence-corrected chi connectivity index (χ1v) is 4.75. The van der Waals surface area contributed by atoms with Gasteiger partial charge in [-0.05, 0) is 34.1 Å². The molecule has 0 atom stereocenters. The molecule has 0 saturated heterocycles. The van der Waals surface area contributed by atoms with E-state index in [0.717, 1.165) is 0 Å². The molecular weight excluding hydrogens is 267 g/mol. The Morgan fingerprint density at radius 1 is 1.40 bits per heavy atom. The predicted octanol–water partition coefficient (Wildman–Crippen LogP) is 2.30. The molecule has 0 saturated carbocycles. The molecule has 15 heavy (non-hydrogen) atoms. The number of benzene rings is 1. The number of nitrogens with two attached hydrogens (primary N) is 1. The minimum atomic E-state index is -0.336. The third-order valence-corrected chi connectivity index (χ3v) is 2.27. The molecule has 1 aromatic heterocycles. The van der Waals surface area contributed by atoms with E-state index in [-0.39, 0.29) is 17.8 Å². The fraction of sp³-hybridized carbons (Fsp3) is 0. The second-order valence-corrected chi connectivity index (χ2v) is 3.55. The van der Waals surface area contributed by atoms with Gasteiger partial charge in [-0.3, -0.25) is 0 Å². The van der Waals surface area contributed by atoms with E-state index in [0.29, 0.717) is 10.2 Å². The quantitative estimate of drug-likeness (QED) is 0.877. The lowest BCUT2D eigenvalue weighted by Crippen LogP contribution is -1.92. The Bertz CT molecular complexity index is 487. The van der Waals surface area contributed by atoms with E-state index in [4.69, 9.17) is 10.2 Å². The van der Waals surface area contributed by atoms with Gasteiger partial charge in [0.15, 0.2) is 0 Å². The van der Waals surface area contributed by atoms with Gasteiger partial charge in [0.1, 0.15) is 5.82 Å². The maximum Gasteiger partial charge on any atom is 0.321 e. The number of rotatable bonds is 2. The van der Waals surface area contributed by atoms with Crippen LogP contribution in [0.15, 0.2) is 27.1 Å². The number of nitrogens with one attached hydrogen (secondary N) is 1. The molecule has 1 heterocycles. The SMILES string of the molecule is Nc1nnc(Nc2ccc(F)cc2Br)o1. The first-order chi connectivity index (χ1) is 7.15. The fourth-order valence-corrected chi connectivity index (χ4v) is 1.44. The first-order valence-electron chi connectivity index (χ1n) is 3.96. The lowest BCUT2D eigenvalue weighted by Gasteiger charge is -2.03. The number of hydrogen-bond donors (Lipinski definition) is 2. The van der Waals surface area contributed by atoms with Gasteiger partial charge in [0.05, 0.1) is 5.69 Å². The third kappa shape index (κ3) is 2.24. The van der Waals surface area contributed by atoms with E-state index < -0.39 is 0 Å². The summed E-state index contributed by atoms with van der Waals surface area (Å²) in [5.41, 5.74) is 5.85. The number of nitrogen functional groups attached to an aromatic ring is 1. The van der Waals surface area contributed by atoms with Gasteiger partial charge < -0.3 is 15.5 Å². The Hall–Kier alpha value is -1.63. The zero-order valence-corrected chi connectivity index (χ0v) is 8.95. The second-order valence-electron chi connectivity index (χ2n) is 2.69. The number of hydrogen-bond acceptors (Lipinski definition) is 5. The molecule has 2 rings (SSSR count). The minimum Gasteiger partial charge on any atom is -0.389 e. The summed E-state index contributed by atoms with van der Waals surface area (Å²) in [6.45, 7) is 0. The molecule has 0 aliphatic heterocycles. The van der Waals surface area contributed by atoms with Gasteiger partial charge in [-0.1, -0.05) is 10.2 Å². The van der Waals surface area contributed by atoms with Gasteiger partial charge in [0.25, 0.3) is 0 Å². The standard InChI is InChI=1S/C8H6BrFN4O/c9-5-3-4(10)1-2-6(5)12-8-14-13-7(11)15-8/h1-3H,(H2,11,13)(H,12,14). The summed E-state index contributed by atoms with van der Waals surface area (Å²) in [5.74, 6) is -0.336. The van der Waals surface area contributed by atoms with Gasteiger partial charge in [-0.15, -0.1) is 0 Å². The van der Waals surface area contributed by atoms with Gasteiger partial charge in [0, 0.05) is 4.47 Å². The van der Waals surface area contributed by atoms with E-state index in [2.05, 4.69) is 31.4 Å². The summed E-state index contributed by atoms with van der Waals surface area (Å²) < 4.78 is 18.2. The first kappa shape index (κ1) is 9.91. The smallest absolute Gasteiger partial charge is 0.321 e. The molecule has 0 bridgehead atoms. The molecule has 3 N–H and O–H groups in total. The summed E-state index contributed by atoms with van der Waals surface area (Å²) in [6, 6.07) is 4.30. The molecule has 0 spiro atoms. The highest BCUT2D eigenvalue weighted by Crippen LogP contribution is 2.26. The van der Waals surface area contributed by atoms with Crippen molar-refractivity contribution in [2.75, 3.05) is 11.1 Å². The molecule has 5 nitrogen and oxygen atoms in total. The van der Waals surface area contributed by atoms with Crippen molar-refractivity contribution in [3.8, 4) is 0 Å². The summed E-state index contributed by atoms with van der Waals surface area (Å²) >= 11 is 3.19. The Morgan fingerprint density at radius 2 is 2.20 bits per heavy atom. The Labute approximate surface area is 92.6 Å². The van der Waals surface area contributed by atoms with E-state index >= 15 is 0 Å². The van der Waals surface area contributed by atoms with Crippen LogP contribution in [0.3, 0.4) is 0 Å². The highest BCUT2D eigenvalue weighted by Gasteiger charge is 2.06. The minimum absolute atomic E-state index is 0.0317. The molecule has 0 radical (unpaired) electrons. The predicted molar refractivity (Wildman–Crippen MR) is 56.1 cm³/mol. The molecule has 0 amide bonds. The summed E-state index contributed by atoms with van der Waals surface area (Å²) in [6.07, 6.45) is 0. The van der Waals surface area contributed by atoms with Crippen molar-refractivity contribution in [2.24, 2.45) is 0 Å². The van der Waals surface area contributed by atoms with Crippen molar-refractivity contribution in [3.63, 3.8) is 0 Å². The molecule has 1 aromatic carbocycles. The topological polar surface area (TPSA) is 77.0 Å². The molecule has 0 aliphatic carbocycles. The second kappa shape index (κ2) is 3.85. The van der Waals surface area contributed by atoms with E-state index in [1.54, 1.807) is 6.07 Å². The van der Waals surface area contributed by atoms with Crippen LogP contribution < -0.4 is 11.1 Å². The van der Waals surface area contributed by atoms with Crippen LogP contribution >= 0.6 is 15.9 Å². The zero-order chi connectivity index (χ0) is 10.8. The summed E-state index contributed by atoms with van der Waals surface area (Å²) in [7, 11) is 0. The lowest BCUT2D eigenvalue weighted by molar-refractivity contribution is 0.593. The highest BCUT2D eigenvalue weighted by molar-refractivity contribution is 9.10. The Morgan fingerprint density at radius 3 is 2.80 bits per heavy atom. The average Bonchev–Trinajstić information content (AvgIpc) is 2.56. The highest BCUT2D eigenvalue weighted by atomic mass is 79.9. The maximum atomic E-state index is 12.8. The van der Waals surface area contributed by atoms with E-state index in [1.807, 2.05) is 0 Å². The van der Waals surface area contributed by atoms with Crippen molar-refractivity contribution in [1.82, 2.24) is 10.2 Å². The largest absolute Gasteiger partial charge is 0.389 e. The maximum absolute atomic E-state index is 12.8. The van der Waals surface area contributed by atoms with Crippen LogP contribution in [0.4, 0.5) is 22.1 Å². The molecule has 0 fully saturated rings. The van der Waals surface area contributed by atoms with Crippen molar-refractivity contribution in [2.45, 2.75) is 0 Å². The van der Waals surface area contributed by atoms with Gasteiger partial charge in [0.2, 0.25) is 0 Å². The Kier molecular flexibility index (Phi) is 2.55. The number of anilines is 3. The van der Waals surface area contributed by atoms with Crippen LogP contribution in [0.2, 0.25) is 0 Å². The number of aromatic nitrogens is 2. The lowest BCUT2D eigenvalue weighted by atomic mass is 10.3. The van der Waals surface area contributed by atoms with Crippen LogP contribution in [0.5, 0.6) is 0 Å². The van der Waals surface area contributed by atoms with E-state index in [1.165, 1.54) is 12.1 Å². The van der Waals surface area contributed by atoms with Crippen LogP contribution in [0.1, 0.15) is 0 Å². The number of halogens is 2.